The molecule has 0 spiro atoms. The normalized spacial score (nSPS) is 14.8. The van der Waals surface area contributed by atoms with Crippen LogP contribution in [0.5, 0.6) is 11.5 Å². The zero-order chi connectivity index (χ0) is 44.0. The van der Waals surface area contributed by atoms with Crippen LogP contribution < -0.4 is 19.5 Å². The van der Waals surface area contributed by atoms with Crippen molar-refractivity contribution in [1.29, 1.82) is 0 Å². The maximum Gasteiger partial charge on any atom is 0.270 e. The Morgan fingerprint density at radius 3 is 1.20 bits per heavy atom. The molecule has 4 aromatic carbocycles. The summed E-state index contributed by atoms with van der Waals surface area (Å²) in [6.45, 7) is 8.20. The fourth-order valence-electron chi connectivity index (χ4n) is 6.74. The van der Waals surface area contributed by atoms with Gasteiger partial charge in [0.1, 0.15) is 38.0 Å². The smallest absolute Gasteiger partial charge is 0.270 e. The lowest BCUT2D eigenvalue weighted by Crippen LogP contribution is -2.30. The summed E-state index contributed by atoms with van der Waals surface area (Å²) in [6, 6.07) is 25.2. The molecule has 0 saturated heterocycles. The minimum atomic E-state index is -5.17. The van der Waals surface area contributed by atoms with E-state index in [1.165, 1.54) is 12.1 Å². The number of fused-ring (bicyclic) bond motifs is 2. The Morgan fingerprint density at radius 2 is 0.932 bits per heavy atom. The van der Waals surface area contributed by atoms with Crippen molar-refractivity contribution in [3.05, 3.63) is 116 Å². The maximum absolute atomic E-state index is 11.1. The number of rotatable bonds is 10. The number of nitrogens with zero attached hydrogens (tertiary/aromatic N) is 8. The van der Waals surface area contributed by atoms with Crippen LogP contribution in [0.2, 0.25) is 0 Å². The Bertz CT molecular complexity index is 2300. The first kappa shape index (κ1) is 45.1. The third-order valence-electron chi connectivity index (χ3n) is 10.1. The largest absolute Gasteiger partial charge is 0.759 e. The number of methoxy groups -OCH3 is 2. The van der Waals surface area contributed by atoms with Gasteiger partial charge in [0.05, 0.1) is 46.3 Å². The van der Waals surface area contributed by atoms with Crippen LogP contribution in [0.1, 0.15) is 38.8 Å². The van der Waals surface area contributed by atoms with E-state index < -0.39 is 10.4 Å². The first-order valence-electron chi connectivity index (χ1n) is 17.8. The van der Waals surface area contributed by atoms with E-state index in [9.17, 15) is 20.2 Å². The van der Waals surface area contributed by atoms with Crippen molar-refractivity contribution in [2.45, 2.75) is 38.5 Å². The molecule has 2 heterocycles. The molecule has 59 heavy (non-hydrogen) atoms. The topological polar surface area (TPSA) is 222 Å². The molecule has 312 valence electrons. The zero-order valence-corrected chi connectivity index (χ0v) is 35.1. The molecule has 2 aliphatic rings. The van der Waals surface area contributed by atoms with Crippen molar-refractivity contribution in [2.24, 2.45) is 10.2 Å². The summed E-state index contributed by atoms with van der Waals surface area (Å²) in [7, 11) is 5.75. The highest BCUT2D eigenvalue weighted by Crippen LogP contribution is 2.41. The van der Waals surface area contributed by atoms with E-state index >= 15 is 0 Å². The van der Waals surface area contributed by atoms with Crippen molar-refractivity contribution < 1.29 is 46.0 Å². The zero-order valence-electron chi connectivity index (χ0n) is 34.3. The van der Waals surface area contributed by atoms with Gasteiger partial charge in [-0.25, -0.2) is 0 Å². The molecule has 0 bridgehead atoms. The second-order valence-electron chi connectivity index (χ2n) is 14.4. The van der Waals surface area contributed by atoms with Gasteiger partial charge in [0.15, 0.2) is 0 Å². The Labute approximate surface area is 342 Å². The van der Waals surface area contributed by atoms with Crippen LogP contribution in [-0.2, 0) is 21.2 Å². The van der Waals surface area contributed by atoms with Gasteiger partial charge < -0.3 is 18.6 Å². The van der Waals surface area contributed by atoms with E-state index in [0.717, 1.165) is 56.8 Å². The highest BCUT2D eigenvalue weighted by atomic mass is 32.3. The van der Waals surface area contributed by atoms with Crippen LogP contribution in [0.25, 0.3) is 0 Å². The molecule has 0 fully saturated rings. The average Bonchev–Trinajstić information content (AvgIpc) is 3.50. The van der Waals surface area contributed by atoms with E-state index in [1.54, 1.807) is 48.5 Å². The molecule has 0 aromatic heterocycles. The molecule has 0 radical (unpaired) electrons. The minimum Gasteiger partial charge on any atom is -0.759 e. The van der Waals surface area contributed by atoms with Gasteiger partial charge in [-0.2, -0.15) is 19.4 Å². The lowest BCUT2D eigenvalue weighted by atomic mass is 9.82. The second kappa shape index (κ2) is 17.9. The third-order valence-corrected chi connectivity index (χ3v) is 10.1. The van der Waals surface area contributed by atoms with Crippen molar-refractivity contribution in [1.82, 2.24) is 0 Å². The maximum atomic E-state index is 11.1. The Morgan fingerprint density at radius 1 is 0.627 bits per heavy atom. The van der Waals surface area contributed by atoms with Gasteiger partial charge in [-0.05, 0) is 76.2 Å². The summed E-state index contributed by atoms with van der Waals surface area (Å²) >= 11 is 0. The number of nitro groups is 2. The molecule has 4 aromatic rings. The molecule has 19 heteroatoms. The molecule has 0 amide bonds. The number of non-ortho nitro benzene ring substituents is 2. The van der Waals surface area contributed by atoms with Crippen molar-refractivity contribution >= 4 is 68.4 Å². The summed E-state index contributed by atoms with van der Waals surface area (Å²) in [5.41, 5.74) is 6.99. The number of benzene rings is 4. The van der Waals surface area contributed by atoms with Crippen molar-refractivity contribution in [3.8, 4) is 11.5 Å². The van der Waals surface area contributed by atoms with Crippen LogP contribution in [0.4, 0.5) is 34.1 Å². The van der Waals surface area contributed by atoms with E-state index in [1.807, 2.05) is 126 Å². The third kappa shape index (κ3) is 10.5. The van der Waals surface area contributed by atoms with Gasteiger partial charge in [0.25, 0.3) is 11.4 Å². The monoisotopic (exact) mass is 830 g/mol. The molecule has 0 unspecified atom stereocenters. The van der Waals surface area contributed by atoms with Gasteiger partial charge in [-0.15, -0.1) is 0 Å². The van der Waals surface area contributed by atoms with Crippen LogP contribution >= 0.6 is 0 Å². The number of nitro benzene ring substituents is 2. The number of ether oxygens (including phenoxy) is 2. The fourth-order valence-corrected chi connectivity index (χ4v) is 6.74. The number of hydrazone groups is 2. The summed E-state index contributed by atoms with van der Waals surface area (Å²) in [5, 5.41) is 35.0. The summed E-state index contributed by atoms with van der Waals surface area (Å²) in [5.74, 6) is 1.58. The molecule has 0 saturated carbocycles. The number of hydrogen-bond acceptors (Lipinski definition) is 14. The van der Waals surface area contributed by atoms with Crippen LogP contribution in [0.15, 0.2) is 95.1 Å². The Kier molecular flexibility index (Phi) is 13.7. The highest BCUT2D eigenvalue weighted by Gasteiger charge is 2.45. The summed E-state index contributed by atoms with van der Waals surface area (Å²) in [6.07, 6.45) is 3.63. The predicted octanol–water partition coefficient (Wildman–Crippen LogP) is 6.13. The number of anilines is 2. The van der Waals surface area contributed by atoms with E-state index in [-0.39, 0.29) is 32.1 Å². The molecule has 2 aliphatic heterocycles. The van der Waals surface area contributed by atoms with Crippen molar-refractivity contribution in [2.75, 3.05) is 52.4 Å². The second-order valence-corrected chi connectivity index (χ2v) is 15.2. The minimum absolute atomic E-state index is 0.101. The highest BCUT2D eigenvalue weighted by molar-refractivity contribution is 7.79. The van der Waals surface area contributed by atoms with Crippen LogP contribution in [0, 0.1) is 20.2 Å². The van der Waals surface area contributed by atoms with Gasteiger partial charge in [0, 0.05) is 72.0 Å². The molecule has 0 aliphatic carbocycles. The number of hydrogen-bond donors (Lipinski definition) is 0. The average molecular weight is 831 g/mol. The molecule has 18 nitrogen and oxygen atoms in total. The Balaban J connectivity index is 0.000000234. The molecular formula is C40H46N8O10S. The standard InChI is InChI=1S/2C20H23N4O3.H2O4S/c2*1-20(2)17-12-15(24(25)26)8-11-18(17)22(3)19(20)13-21-23(4)14-6-9-16(27-5)10-7-14;1-5(2,3)4/h2*6-13H,1-5H3;(H2,1,2,3,4)/q2*+1;/p-2. The van der Waals surface area contributed by atoms with Gasteiger partial charge in [-0.1, -0.05) is 0 Å². The fraction of sp³-hybridized carbons (Fsp3) is 0.300. The van der Waals surface area contributed by atoms with E-state index in [4.69, 9.17) is 27.0 Å². The summed E-state index contributed by atoms with van der Waals surface area (Å²) in [4.78, 5) is 21.5. The summed E-state index contributed by atoms with van der Waals surface area (Å²) < 4.78 is 48.5. The van der Waals surface area contributed by atoms with Crippen molar-refractivity contribution in [3.63, 3.8) is 0 Å². The SMILES string of the molecule is COc1ccc(N(C)N=CC2=[N+](C)c3ccc([N+](=O)[O-])cc3C2(C)C)cc1.COc1ccc(N(C)N=CC2=[N+](C)c3ccc([N+](=O)[O-])cc3C2(C)C)cc1.O=S(=O)([O-])[O-]. The lowest BCUT2D eigenvalue weighted by molar-refractivity contribution is -0.401. The molecule has 0 atom stereocenters. The lowest BCUT2D eigenvalue weighted by Gasteiger charge is -2.16. The van der Waals surface area contributed by atoms with Crippen LogP contribution in [0.3, 0.4) is 0 Å². The quantitative estimate of drug-likeness (QED) is 0.0440. The van der Waals surface area contributed by atoms with E-state index in [2.05, 4.69) is 10.2 Å². The van der Waals surface area contributed by atoms with E-state index in [0.29, 0.717) is 0 Å². The molecule has 0 N–H and O–H groups in total. The van der Waals surface area contributed by atoms with Gasteiger partial charge >= 0.3 is 0 Å². The van der Waals surface area contributed by atoms with Gasteiger partial charge in [0.2, 0.25) is 22.8 Å². The van der Waals surface area contributed by atoms with Crippen LogP contribution in [-0.4, -0.2) is 103 Å². The first-order valence-corrected chi connectivity index (χ1v) is 19.1. The first-order chi connectivity index (χ1) is 27.5. The molecular weight excluding hydrogens is 785 g/mol. The predicted molar refractivity (Wildman–Crippen MR) is 224 cm³/mol. The molecule has 6 rings (SSSR count). The Hall–Kier alpha value is -6.57. The van der Waals surface area contributed by atoms with Gasteiger partial charge in [-0.3, -0.25) is 38.7 Å².